The van der Waals surface area contributed by atoms with Crippen molar-refractivity contribution in [3.63, 3.8) is 0 Å². The second-order valence-electron chi connectivity index (χ2n) is 6.13. The fourth-order valence-electron chi connectivity index (χ4n) is 3.24. The minimum absolute atomic E-state index is 0.503. The molecule has 1 saturated heterocycles. The Bertz CT molecular complexity index is 728. The highest BCUT2D eigenvalue weighted by Crippen LogP contribution is 2.32. The lowest BCUT2D eigenvalue weighted by Crippen LogP contribution is -2.32. The van der Waals surface area contributed by atoms with Crippen molar-refractivity contribution >= 4 is 11.3 Å². The molecule has 0 radical (unpaired) electrons. The molecule has 4 rings (SSSR count). The second-order valence-corrected chi connectivity index (χ2v) is 7.08. The van der Waals surface area contributed by atoms with Gasteiger partial charge in [-0.1, -0.05) is 41.6 Å². The average Bonchev–Trinajstić information content (AvgIpc) is 3.28. The van der Waals surface area contributed by atoms with Gasteiger partial charge in [0.05, 0.1) is 4.88 Å². The zero-order valence-electron chi connectivity index (χ0n) is 13.0. The van der Waals surface area contributed by atoms with E-state index >= 15 is 0 Å². The molecule has 0 amide bonds. The standard InChI is InChI=1S/C19H20N2OS/c1-2-5-15(6-3-1)14-21-10-8-16(9-11-21)18-13-17(20-22-18)19-7-4-12-23-19/h1-7,12-13,16H,8-11,14H2. The Kier molecular flexibility index (Phi) is 4.26. The average molecular weight is 324 g/mol. The molecule has 1 fully saturated rings. The van der Waals surface area contributed by atoms with Gasteiger partial charge in [-0.05, 0) is 42.9 Å². The van der Waals surface area contributed by atoms with Crippen LogP contribution in [0.4, 0.5) is 0 Å². The van der Waals surface area contributed by atoms with Crippen LogP contribution in [0.1, 0.15) is 30.1 Å². The number of hydrogen-bond donors (Lipinski definition) is 0. The predicted molar refractivity (Wildman–Crippen MR) is 93.5 cm³/mol. The first-order chi connectivity index (χ1) is 11.4. The molecule has 3 heterocycles. The van der Waals surface area contributed by atoms with Crippen molar-refractivity contribution in [2.24, 2.45) is 0 Å². The molecule has 4 heteroatoms. The van der Waals surface area contributed by atoms with Gasteiger partial charge in [-0.3, -0.25) is 4.90 Å². The molecule has 2 aromatic heterocycles. The first-order valence-corrected chi connectivity index (χ1v) is 9.03. The van der Waals surface area contributed by atoms with Crippen molar-refractivity contribution in [2.45, 2.75) is 25.3 Å². The summed E-state index contributed by atoms with van der Waals surface area (Å²) in [5.41, 5.74) is 2.37. The number of hydrogen-bond acceptors (Lipinski definition) is 4. The highest BCUT2D eigenvalue weighted by Gasteiger charge is 2.24. The molecule has 0 N–H and O–H groups in total. The smallest absolute Gasteiger partial charge is 0.140 e. The molecular formula is C19H20N2OS. The van der Waals surface area contributed by atoms with Gasteiger partial charge in [0.15, 0.2) is 0 Å². The highest BCUT2D eigenvalue weighted by molar-refractivity contribution is 7.13. The van der Waals surface area contributed by atoms with E-state index in [1.807, 2.05) is 0 Å². The Morgan fingerprint density at radius 1 is 1.09 bits per heavy atom. The van der Waals surface area contributed by atoms with Gasteiger partial charge in [-0.15, -0.1) is 11.3 Å². The third-order valence-corrected chi connectivity index (χ3v) is 5.43. The molecule has 0 unspecified atom stereocenters. The number of nitrogens with zero attached hydrogens (tertiary/aromatic N) is 2. The molecule has 0 aliphatic carbocycles. The van der Waals surface area contributed by atoms with E-state index in [9.17, 15) is 0 Å². The summed E-state index contributed by atoms with van der Waals surface area (Å²) in [6, 6.07) is 17.0. The maximum Gasteiger partial charge on any atom is 0.140 e. The summed E-state index contributed by atoms with van der Waals surface area (Å²) in [5.74, 6) is 1.55. The minimum atomic E-state index is 0.503. The third kappa shape index (κ3) is 3.38. The maximum absolute atomic E-state index is 5.62. The second kappa shape index (κ2) is 6.69. The summed E-state index contributed by atoms with van der Waals surface area (Å²) < 4.78 is 5.62. The van der Waals surface area contributed by atoms with Crippen molar-refractivity contribution in [1.82, 2.24) is 10.1 Å². The van der Waals surface area contributed by atoms with E-state index in [1.165, 1.54) is 10.4 Å². The molecule has 1 aliphatic heterocycles. The number of piperidine rings is 1. The van der Waals surface area contributed by atoms with Crippen LogP contribution in [0.2, 0.25) is 0 Å². The van der Waals surface area contributed by atoms with Gasteiger partial charge >= 0.3 is 0 Å². The molecular weight excluding hydrogens is 304 g/mol. The molecule has 0 atom stereocenters. The summed E-state index contributed by atoms with van der Waals surface area (Å²) in [4.78, 5) is 3.71. The van der Waals surface area contributed by atoms with E-state index < -0.39 is 0 Å². The lowest BCUT2D eigenvalue weighted by atomic mass is 9.94. The number of benzene rings is 1. The van der Waals surface area contributed by atoms with Crippen molar-refractivity contribution in [3.8, 4) is 10.6 Å². The molecule has 1 aliphatic rings. The van der Waals surface area contributed by atoms with Gasteiger partial charge in [-0.2, -0.15) is 0 Å². The molecule has 0 bridgehead atoms. The van der Waals surface area contributed by atoms with E-state index in [2.05, 4.69) is 64.0 Å². The third-order valence-electron chi connectivity index (χ3n) is 4.54. The summed E-state index contributed by atoms with van der Waals surface area (Å²) in [6.45, 7) is 3.29. The summed E-state index contributed by atoms with van der Waals surface area (Å²) >= 11 is 1.71. The fraction of sp³-hybridized carbons (Fsp3) is 0.316. The van der Waals surface area contributed by atoms with E-state index in [1.54, 1.807) is 11.3 Å². The Morgan fingerprint density at radius 2 is 1.91 bits per heavy atom. The largest absolute Gasteiger partial charge is 0.360 e. The normalized spacial score (nSPS) is 16.7. The zero-order valence-corrected chi connectivity index (χ0v) is 13.8. The lowest BCUT2D eigenvalue weighted by Gasteiger charge is -2.30. The fourth-order valence-corrected chi connectivity index (χ4v) is 3.92. The summed E-state index contributed by atoms with van der Waals surface area (Å²) in [5, 5.41) is 6.32. The van der Waals surface area contributed by atoms with Crippen molar-refractivity contribution in [1.29, 1.82) is 0 Å². The quantitative estimate of drug-likeness (QED) is 0.691. The first kappa shape index (κ1) is 14.7. The van der Waals surface area contributed by atoms with Crippen LogP contribution in [0, 0.1) is 0 Å². The van der Waals surface area contributed by atoms with E-state index in [4.69, 9.17) is 4.52 Å². The lowest BCUT2D eigenvalue weighted by molar-refractivity contribution is 0.190. The van der Waals surface area contributed by atoms with E-state index in [-0.39, 0.29) is 0 Å². The van der Waals surface area contributed by atoms with Crippen LogP contribution in [0.25, 0.3) is 10.6 Å². The maximum atomic E-state index is 5.62. The summed E-state index contributed by atoms with van der Waals surface area (Å²) in [7, 11) is 0. The molecule has 0 saturated carbocycles. The van der Waals surface area contributed by atoms with Crippen LogP contribution in [0.15, 0.2) is 58.4 Å². The topological polar surface area (TPSA) is 29.3 Å². The molecule has 1 aromatic carbocycles. The molecule has 118 valence electrons. The SMILES string of the molecule is c1ccc(CN2CCC(c3cc(-c4cccs4)no3)CC2)cc1. The van der Waals surface area contributed by atoms with Crippen molar-refractivity contribution in [3.05, 3.63) is 65.2 Å². The van der Waals surface area contributed by atoms with Gasteiger partial charge in [-0.25, -0.2) is 0 Å². The first-order valence-electron chi connectivity index (χ1n) is 8.15. The molecule has 23 heavy (non-hydrogen) atoms. The molecule has 0 spiro atoms. The van der Waals surface area contributed by atoms with Crippen molar-refractivity contribution in [2.75, 3.05) is 13.1 Å². The molecule has 3 nitrogen and oxygen atoms in total. The molecule has 3 aromatic rings. The Hall–Kier alpha value is -1.91. The van der Waals surface area contributed by atoms with Crippen molar-refractivity contribution < 1.29 is 4.52 Å². The number of likely N-dealkylation sites (tertiary alicyclic amines) is 1. The Labute approximate surface area is 140 Å². The number of rotatable bonds is 4. The predicted octanol–water partition coefficient (Wildman–Crippen LogP) is 4.78. The van der Waals surface area contributed by atoms with Gasteiger partial charge in [0.25, 0.3) is 0 Å². The highest BCUT2D eigenvalue weighted by atomic mass is 32.1. The van der Waals surface area contributed by atoms with Gasteiger partial charge in [0.2, 0.25) is 0 Å². The monoisotopic (exact) mass is 324 g/mol. The van der Waals surface area contributed by atoms with Crippen LogP contribution in [0.3, 0.4) is 0 Å². The van der Waals surface area contributed by atoms with Gasteiger partial charge in [0.1, 0.15) is 11.5 Å². The van der Waals surface area contributed by atoms with Gasteiger partial charge < -0.3 is 4.52 Å². The van der Waals surface area contributed by atoms with Crippen LogP contribution in [-0.2, 0) is 6.54 Å². The van der Waals surface area contributed by atoms with E-state index in [0.717, 1.165) is 43.9 Å². The number of aromatic nitrogens is 1. The van der Waals surface area contributed by atoms with Gasteiger partial charge in [0, 0.05) is 18.5 Å². The summed E-state index contributed by atoms with van der Waals surface area (Å²) in [6.07, 6.45) is 2.29. The minimum Gasteiger partial charge on any atom is -0.360 e. The number of thiophene rings is 1. The van der Waals surface area contributed by atoms with E-state index in [0.29, 0.717) is 5.92 Å². The van der Waals surface area contributed by atoms with Crippen LogP contribution in [0.5, 0.6) is 0 Å². The van der Waals surface area contributed by atoms with Crippen LogP contribution in [-0.4, -0.2) is 23.1 Å². The van der Waals surface area contributed by atoms with Crippen LogP contribution < -0.4 is 0 Å². The van der Waals surface area contributed by atoms with Crippen LogP contribution >= 0.6 is 11.3 Å². The zero-order chi connectivity index (χ0) is 15.5. The Balaban J connectivity index is 1.36. The Morgan fingerprint density at radius 3 is 2.65 bits per heavy atom.